The van der Waals surface area contributed by atoms with Crippen LogP contribution in [0.2, 0.25) is 0 Å². The molecule has 3 aromatic rings. The van der Waals surface area contributed by atoms with Crippen LogP contribution in [0, 0.1) is 26.6 Å². The molecule has 0 saturated carbocycles. The normalized spacial score (nSPS) is 11.2. The molecule has 0 aliphatic rings. The smallest absolute Gasteiger partial charge is 0.180 e. The molecule has 0 amide bonds. The van der Waals surface area contributed by atoms with E-state index in [1.807, 2.05) is 20.8 Å². The fourth-order valence-electron chi connectivity index (χ4n) is 2.77. The molecule has 0 spiro atoms. The van der Waals surface area contributed by atoms with Crippen molar-refractivity contribution in [2.75, 3.05) is 7.11 Å². The van der Waals surface area contributed by atoms with Crippen LogP contribution in [0.1, 0.15) is 16.7 Å². The quantitative estimate of drug-likeness (QED) is 0.726. The number of phenolic OH excluding ortho intramolecular Hbond substituents is 2. The van der Waals surface area contributed by atoms with Gasteiger partial charge in [-0.3, -0.25) is 0 Å². The number of aryl methyl sites for hydroxylation is 1. The minimum absolute atomic E-state index is 0.0640. The monoisotopic (exact) mass is 316 g/mol. The molecule has 0 radical (unpaired) electrons. The van der Waals surface area contributed by atoms with E-state index in [1.54, 1.807) is 0 Å². The standard InChI is InChI=1S/C18H17FO4/c1-8-9(2)15(21)14-16(10(8)3)23-17(18(14)22-4)12-6-5-11(20)7-13(12)19/h5-7,20-21H,1-4H3. The number of furan rings is 1. The van der Waals surface area contributed by atoms with Crippen molar-refractivity contribution in [2.45, 2.75) is 20.8 Å². The second-order valence-corrected chi connectivity index (χ2v) is 5.56. The van der Waals surface area contributed by atoms with Gasteiger partial charge in [-0.1, -0.05) is 0 Å². The topological polar surface area (TPSA) is 62.8 Å². The van der Waals surface area contributed by atoms with Crippen molar-refractivity contribution in [1.29, 1.82) is 0 Å². The third-order valence-corrected chi connectivity index (χ3v) is 4.32. The summed E-state index contributed by atoms with van der Waals surface area (Å²) in [7, 11) is 1.44. The molecule has 4 nitrogen and oxygen atoms in total. The third kappa shape index (κ3) is 2.11. The van der Waals surface area contributed by atoms with Gasteiger partial charge in [0.25, 0.3) is 0 Å². The van der Waals surface area contributed by atoms with Gasteiger partial charge in [0.05, 0.1) is 12.7 Å². The average Bonchev–Trinajstić information content (AvgIpc) is 2.90. The number of aromatic hydroxyl groups is 2. The molecule has 0 atom stereocenters. The van der Waals surface area contributed by atoms with Crippen LogP contribution in [0.4, 0.5) is 4.39 Å². The Morgan fingerprint density at radius 1 is 1.04 bits per heavy atom. The van der Waals surface area contributed by atoms with Crippen LogP contribution in [0.25, 0.3) is 22.3 Å². The lowest BCUT2D eigenvalue weighted by atomic mass is 9.99. The lowest BCUT2D eigenvalue weighted by molar-refractivity contribution is 0.410. The van der Waals surface area contributed by atoms with E-state index >= 15 is 0 Å². The van der Waals surface area contributed by atoms with Crippen molar-refractivity contribution in [1.82, 2.24) is 0 Å². The highest BCUT2D eigenvalue weighted by molar-refractivity contribution is 5.99. The first-order valence-corrected chi connectivity index (χ1v) is 7.14. The molecule has 2 N–H and O–H groups in total. The number of ether oxygens (including phenoxy) is 1. The van der Waals surface area contributed by atoms with Gasteiger partial charge >= 0.3 is 0 Å². The summed E-state index contributed by atoms with van der Waals surface area (Å²) in [5, 5.41) is 20.3. The summed E-state index contributed by atoms with van der Waals surface area (Å²) >= 11 is 0. The summed E-state index contributed by atoms with van der Waals surface area (Å²) in [4.78, 5) is 0. The number of benzene rings is 2. The minimum Gasteiger partial charge on any atom is -0.508 e. The second-order valence-electron chi connectivity index (χ2n) is 5.56. The number of halogens is 1. The maximum Gasteiger partial charge on any atom is 0.180 e. The molecule has 3 rings (SSSR count). The highest BCUT2D eigenvalue weighted by Gasteiger charge is 2.25. The summed E-state index contributed by atoms with van der Waals surface area (Å²) in [6.07, 6.45) is 0. The Labute approximate surface area is 132 Å². The van der Waals surface area contributed by atoms with Crippen LogP contribution in [0.5, 0.6) is 17.2 Å². The van der Waals surface area contributed by atoms with Gasteiger partial charge < -0.3 is 19.4 Å². The Balaban J connectivity index is 2.44. The van der Waals surface area contributed by atoms with Gasteiger partial charge in [0, 0.05) is 6.07 Å². The zero-order valence-electron chi connectivity index (χ0n) is 13.3. The van der Waals surface area contributed by atoms with Crippen LogP contribution in [-0.4, -0.2) is 17.3 Å². The summed E-state index contributed by atoms with van der Waals surface area (Å²) in [5.74, 6) is -0.286. The molecule has 0 fully saturated rings. The number of hydrogen-bond acceptors (Lipinski definition) is 4. The van der Waals surface area contributed by atoms with Crippen LogP contribution < -0.4 is 4.74 Å². The molecule has 2 aromatic carbocycles. The number of methoxy groups -OCH3 is 1. The molecular formula is C18H17FO4. The Morgan fingerprint density at radius 2 is 1.74 bits per heavy atom. The first kappa shape index (κ1) is 15.2. The minimum atomic E-state index is -0.632. The molecule has 120 valence electrons. The predicted octanol–water partition coefficient (Wildman–Crippen LogP) is 4.58. The Kier molecular flexibility index (Phi) is 3.43. The summed E-state index contributed by atoms with van der Waals surface area (Å²) in [6, 6.07) is 3.79. The predicted molar refractivity (Wildman–Crippen MR) is 85.7 cm³/mol. The van der Waals surface area contributed by atoms with E-state index in [1.165, 1.54) is 19.2 Å². The Bertz CT molecular complexity index is 925. The van der Waals surface area contributed by atoms with E-state index in [0.29, 0.717) is 11.0 Å². The van der Waals surface area contributed by atoms with Gasteiger partial charge in [-0.15, -0.1) is 0 Å². The number of rotatable bonds is 2. The first-order chi connectivity index (χ1) is 10.9. The van der Waals surface area contributed by atoms with Crippen molar-refractivity contribution in [3.63, 3.8) is 0 Å². The van der Waals surface area contributed by atoms with Crippen molar-refractivity contribution in [3.8, 4) is 28.6 Å². The van der Waals surface area contributed by atoms with Gasteiger partial charge in [-0.2, -0.15) is 0 Å². The van der Waals surface area contributed by atoms with Crippen molar-refractivity contribution < 1.29 is 23.8 Å². The highest BCUT2D eigenvalue weighted by atomic mass is 19.1. The SMILES string of the molecule is COc1c(-c2ccc(O)cc2F)oc2c(C)c(C)c(C)c(O)c12. The van der Waals surface area contributed by atoms with Gasteiger partial charge in [0.1, 0.15) is 28.3 Å². The molecule has 23 heavy (non-hydrogen) atoms. The Hall–Kier alpha value is -2.69. The van der Waals surface area contributed by atoms with Crippen LogP contribution in [0.3, 0.4) is 0 Å². The molecule has 5 heteroatoms. The van der Waals surface area contributed by atoms with E-state index < -0.39 is 5.82 Å². The Morgan fingerprint density at radius 3 is 2.35 bits per heavy atom. The maximum absolute atomic E-state index is 14.2. The molecule has 0 unspecified atom stereocenters. The zero-order chi connectivity index (χ0) is 16.9. The highest BCUT2D eigenvalue weighted by Crippen LogP contribution is 2.48. The van der Waals surface area contributed by atoms with Crippen LogP contribution in [-0.2, 0) is 0 Å². The lowest BCUT2D eigenvalue weighted by Crippen LogP contribution is -1.90. The summed E-state index contributed by atoms with van der Waals surface area (Å²) in [6.45, 7) is 5.58. The van der Waals surface area contributed by atoms with E-state index in [0.717, 1.165) is 22.8 Å². The van der Waals surface area contributed by atoms with E-state index in [9.17, 15) is 14.6 Å². The molecule has 0 bridgehead atoms. The molecule has 0 aliphatic carbocycles. The summed E-state index contributed by atoms with van der Waals surface area (Å²) in [5.41, 5.74) is 3.12. The number of fused-ring (bicyclic) bond motifs is 1. The maximum atomic E-state index is 14.2. The molecular weight excluding hydrogens is 299 g/mol. The van der Waals surface area contributed by atoms with Crippen LogP contribution in [0.15, 0.2) is 22.6 Å². The molecule has 0 saturated heterocycles. The van der Waals surface area contributed by atoms with Crippen molar-refractivity contribution in [3.05, 3.63) is 40.7 Å². The van der Waals surface area contributed by atoms with Crippen molar-refractivity contribution >= 4 is 11.0 Å². The molecule has 1 heterocycles. The van der Waals surface area contributed by atoms with Gasteiger partial charge in [0.15, 0.2) is 11.5 Å². The second kappa shape index (κ2) is 5.19. The molecule has 0 aliphatic heterocycles. The van der Waals surface area contributed by atoms with E-state index in [-0.39, 0.29) is 28.6 Å². The summed E-state index contributed by atoms with van der Waals surface area (Å²) < 4.78 is 25.4. The van der Waals surface area contributed by atoms with Crippen LogP contribution >= 0.6 is 0 Å². The third-order valence-electron chi connectivity index (χ3n) is 4.32. The van der Waals surface area contributed by atoms with E-state index in [4.69, 9.17) is 9.15 Å². The van der Waals surface area contributed by atoms with E-state index in [2.05, 4.69) is 0 Å². The average molecular weight is 316 g/mol. The fraction of sp³-hybridized carbons (Fsp3) is 0.222. The van der Waals surface area contributed by atoms with Crippen molar-refractivity contribution in [2.24, 2.45) is 0 Å². The largest absolute Gasteiger partial charge is 0.508 e. The lowest BCUT2D eigenvalue weighted by Gasteiger charge is -2.09. The number of phenols is 2. The molecule has 1 aromatic heterocycles. The first-order valence-electron chi connectivity index (χ1n) is 7.14. The zero-order valence-corrected chi connectivity index (χ0v) is 13.3. The van der Waals surface area contributed by atoms with Gasteiger partial charge in [-0.25, -0.2) is 4.39 Å². The van der Waals surface area contributed by atoms with Gasteiger partial charge in [-0.05, 0) is 49.6 Å². The van der Waals surface area contributed by atoms with Gasteiger partial charge in [0.2, 0.25) is 0 Å². The fourth-order valence-corrected chi connectivity index (χ4v) is 2.77. The number of hydrogen-bond donors (Lipinski definition) is 2.